The van der Waals surface area contributed by atoms with E-state index >= 15 is 0 Å². The van der Waals surface area contributed by atoms with E-state index in [1.807, 2.05) is 61.3 Å². The van der Waals surface area contributed by atoms with Crippen molar-refractivity contribution in [1.82, 2.24) is 4.90 Å². The lowest BCUT2D eigenvalue weighted by Crippen LogP contribution is -3.00. The Kier molecular flexibility index (Phi) is 8.27. The van der Waals surface area contributed by atoms with Crippen molar-refractivity contribution in [3.63, 3.8) is 0 Å². The summed E-state index contributed by atoms with van der Waals surface area (Å²) in [6, 6.07) is 13.4. The maximum Gasteiger partial charge on any atom is 0.416 e. The lowest BCUT2D eigenvalue weighted by molar-refractivity contribution is -0.671. The molecule has 0 radical (unpaired) electrons. The van der Waals surface area contributed by atoms with Gasteiger partial charge in [0, 0.05) is 18.2 Å². The molecule has 1 atom stereocenters. The number of nitrogens with zero attached hydrogens (tertiary/aromatic N) is 2. The Labute approximate surface area is 160 Å². The number of carbonyl (C=O) groups is 1. The number of halogens is 1. The summed E-state index contributed by atoms with van der Waals surface area (Å²) in [6.07, 6.45) is 9.34. The maximum absolute atomic E-state index is 12.4. The van der Waals surface area contributed by atoms with Crippen LogP contribution in [0, 0.1) is 12.3 Å². The fourth-order valence-corrected chi connectivity index (χ4v) is 2.28. The van der Waals surface area contributed by atoms with Crippen molar-refractivity contribution in [1.29, 1.82) is 0 Å². The van der Waals surface area contributed by atoms with Crippen LogP contribution in [0.4, 0.5) is 4.79 Å². The van der Waals surface area contributed by atoms with E-state index in [0.717, 1.165) is 12.0 Å². The molecule has 5 heteroatoms. The Bertz CT molecular complexity index is 681. The van der Waals surface area contributed by atoms with Crippen LogP contribution in [0.5, 0.6) is 5.75 Å². The fraction of sp³-hybridized carbons (Fsp3) is 0.263. The van der Waals surface area contributed by atoms with E-state index in [-0.39, 0.29) is 36.6 Å². The summed E-state index contributed by atoms with van der Waals surface area (Å²) in [4.78, 5) is 14.0. The molecule has 1 aromatic carbocycles. The monoisotopic (exact) mass is 436 g/mol. The zero-order valence-corrected chi connectivity index (χ0v) is 16.0. The molecule has 0 N–H and O–H groups in total. The molecular weight excluding hydrogens is 415 g/mol. The lowest BCUT2D eigenvalue weighted by Gasteiger charge is -2.26. The zero-order chi connectivity index (χ0) is 16.7. The molecule has 1 aromatic heterocycles. The second kappa shape index (κ2) is 9.93. The van der Waals surface area contributed by atoms with Gasteiger partial charge in [0.25, 0.3) is 0 Å². The summed E-state index contributed by atoms with van der Waals surface area (Å²) in [5.74, 6) is 3.03. The Morgan fingerprint density at radius 2 is 1.88 bits per heavy atom. The highest BCUT2D eigenvalue weighted by Gasteiger charge is 2.21. The average Bonchev–Trinajstić information content (AvgIpc) is 2.55. The van der Waals surface area contributed by atoms with Crippen molar-refractivity contribution in [2.45, 2.75) is 19.4 Å². The van der Waals surface area contributed by atoms with Crippen LogP contribution >= 0.6 is 0 Å². The minimum absolute atomic E-state index is 0. The Balaban J connectivity index is 0.00000288. The van der Waals surface area contributed by atoms with Gasteiger partial charge in [-0.1, -0.05) is 36.3 Å². The van der Waals surface area contributed by atoms with Crippen LogP contribution in [0.1, 0.15) is 12.5 Å². The molecule has 0 saturated carbocycles. The van der Waals surface area contributed by atoms with Crippen molar-refractivity contribution < 1.29 is 38.1 Å². The smallest absolute Gasteiger partial charge is 0.416 e. The molecule has 1 amide bonds. The molecule has 0 fully saturated rings. The summed E-state index contributed by atoms with van der Waals surface area (Å²) in [5, 5.41) is 0. The number of aryl methyl sites for hydroxylation is 1. The third kappa shape index (κ3) is 5.85. The van der Waals surface area contributed by atoms with Crippen LogP contribution in [0.2, 0.25) is 0 Å². The van der Waals surface area contributed by atoms with Crippen LogP contribution in [-0.4, -0.2) is 23.6 Å². The second-order valence-corrected chi connectivity index (χ2v) is 5.44. The van der Waals surface area contributed by atoms with E-state index in [2.05, 4.69) is 5.92 Å². The molecule has 126 valence electrons. The first-order valence-electron chi connectivity index (χ1n) is 7.51. The van der Waals surface area contributed by atoms with Crippen LogP contribution in [0.15, 0.2) is 54.9 Å². The van der Waals surface area contributed by atoms with Crippen molar-refractivity contribution in [2.24, 2.45) is 7.05 Å². The summed E-state index contributed by atoms with van der Waals surface area (Å²) in [7, 11) is 1.90. The number of aromatic nitrogens is 1. The van der Waals surface area contributed by atoms with E-state index in [1.54, 1.807) is 17.0 Å². The standard InChI is InChI=1S/C19H21N2O2.HI/c1-4-12-21(16(2)15-17-8-6-5-7-9-17)19(22)23-18-10-13-20(3)14-11-18;/h1,5-11,13-14,16H,12,15H2,2-3H3;1H/q+1;/p-1. The van der Waals surface area contributed by atoms with Crippen LogP contribution in [-0.2, 0) is 13.5 Å². The third-order valence-electron chi connectivity index (χ3n) is 3.56. The van der Waals surface area contributed by atoms with Gasteiger partial charge in [-0.25, -0.2) is 9.36 Å². The highest BCUT2D eigenvalue weighted by Crippen LogP contribution is 2.13. The predicted molar refractivity (Wildman–Crippen MR) is 88.8 cm³/mol. The summed E-state index contributed by atoms with van der Waals surface area (Å²) < 4.78 is 7.29. The molecule has 0 saturated heterocycles. The highest BCUT2D eigenvalue weighted by molar-refractivity contribution is 5.71. The maximum atomic E-state index is 12.4. The van der Waals surface area contributed by atoms with E-state index < -0.39 is 6.09 Å². The molecule has 0 aliphatic heterocycles. The Morgan fingerprint density at radius 3 is 2.46 bits per heavy atom. The van der Waals surface area contributed by atoms with Gasteiger partial charge in [-0.05, 0) is 18.9 Å². The van der Waals surface area contributed by atoms with Gasteiger partial charge in [0.15, 0.2) is 12.4 Å². The first-order chi connectivity index (χ1) is 11.1. The topological polar surface area (TPSA) is 33.4 Å². The van der Waals surface area contributed by atoms with Gasteiger partial charge in [0.2, 0.25) is 0 Å². The molecule has 4 nitrogen and oxygen atoms in total. The number of ether oxygens (including phenoxy) is 1. The van der Waals surface area contributed by atoms with Crippen molar-refractivity contribution >= 4 is 6.09 Å². The first kappa shape index (κ1) is 20.0. The first-order valence-corrected chi connectivity index (χ1v) is 7.51. The molecule has 0 spiro atoms. The molecule has 0 aliphatic rings. The predicted octanol–water partition coefficient (Wildman–Crippen LogP) is -0.420. The molecule has 0 bridgehead atoms. The minimum atomic E-state index is -0.430. The number of carbonyl (C=O) groups excluding carboxylic acids is 1. The quantitative estimate of drug-likeness (QED) is 0.363. The summed E-state index contributed by atoms with van der Waals surface area (Å²) in [6.45, 7) is 2.18. The molecular formula is C19H21IN2O2. The third-order valence-corrected chi connectivity index (χ3v) is 3.56. The molecule has 1 heterocycles. The zero-order valence-electron chi connectivity index (χ0n) is 13.9. The average molecular weight is 436 g/mol. The van der Waals surface area contributed by atoms with Gasteiger partial charge in [0.05, 0.1) is 6.54 Å². The Hall–Kier alpha value is -2.07. The lowest BCUT2D eigenvalue weighted by atomic mass is 10.1. The number of benzene rings is 1. The number of rotatable bonds is 5. The molecule has 0 aliphatic carbocycles. The number of hydrogen-bond acceptors (Lipinski definition) is 2. The van der Waals surface area contributed by atoms with E-state index in [1.165, 1.54) is 0 Å². The molecule has 2 aromatic rings. The van der Waals surface area contributed by atoms with Crippen molar-refractivity contribution in [3.8, 4) is 18.1 Å². The van der Waals surface area contributed by atoms with E-state index in [9.17, 15) is 4.79 Å². The Morgan fingerprint density at radius 1 is 1.25 bits per heavy atom. The largest absolute Gasteiger partial charge is 1.00 e. The van der Waals surface area contributed by atoms with E-state index in [0.29, 0.717) is 5.75 Å². The van der Waals surface area contributed by atoms with Gasteiger partial charge in [0.1, 0.15) is 12.8 Å². The number of hydrogen-bond donors (Lipinski definition) is 0. The van der Waals surface area contributed by atoms with Crippen molar-refractivity contribution in [3.05, 3.63) is 60.4 Å². The highest BCUT2D eigenvalue weighted by atomic mass is 127. The van der Waals surface area contributed by atoms with Gasteiger partial charge in [-0.3, -0.25) is 4.90 Å². The molecule has 2 rings (SSSR count). The van der Waals surface area contributed by atoms with Gasteiger partial charge in [-0.15, -0.1) is 6.42 Å². The fourth-order valence-electron chi connectivity index (χ4n) is 2.28. The van der Waals surface area contributed by atoms with Crippen LogP contribution in [0.3, 0.4) is 0 Å². The minimum Gasteiger partial charge on any atom is -1.00 e. The number of amides is 1. The van der Waals surface area contributed by atoms with Gasteiger partial charge < -0.3 is 28.7 Å². The SMILES string of the molecule is C#CCN(C(=O)Oc1cc[n+](C)cc1)C(C)Cc1ccccc1.[I-]. The molecule has 1 unspecified atom stereocenters. The normalized spacial score (nSPS) is 10.9. The second-order valence-electron chi connectivity index (χ2n) is 5.44. The van der Waals surface area contributed by atoms with Gasteiger partial charge in [-0.2, -0.15) is 0 Å². The van der Waals surface area contributed by atoms with E-state index in [4.69, 9.17) is 11.2 Å². The number of pyridine rings is 1. The summed E-state index contributed by atoms with van der Waals surface area (Å²) >= 11 is 0. The van der Waals surface area contributed by atoms with Crippen LogP contribution in [0.25, 0.3) is 0 Å². The van der Waals surface area contributed by atoms with Crippen LogP contribution < -0.4 is 33.3 Å². The summed E-state index contributed by atoms with van der Waals surface area (Å²) in [5.41, 5.74) is 1.15. The van der Waals surface area contributed by atoms with Crippen molar-refractivity contribution in [2.75, 3.05) is 6.54 Å². The van der Waals surface area contributed by atoms with Gasteiger partial charge >= 0.3 is 6.09 Å². The number of terminal acetylenes is 1. The molecule has 24 heavy (non-hydrogen) atoms.